The monoisotopic (exact) mass is 384 g/mol. The first-order valence-electron chi connectivity index (χ1n) is 8.73. The second-order valence-electron chi connectivity index (χ2n) is 7.18. The second kappa shape index (κ2) is 6.40. The molecule has 2 aromatic heterocycles. The maximum atomic E-state index is 13.4. The highest BCUT2D eigenvalue weighted by Gasteiger charge is 2.71. The number of rotatable bonds is 5. The number of alkyl halides is 2. The Morgan fingerprint density at radius 3 is 2.50 bits per heavy atom. The van der Waals surface area contributed by atoms with Gasteiger partial charge in [-0.2, -0.15) is 0 Å². The van der Waals surface area contributed by atoms with Crippen molar-refractivity contribution in [3.05, 3.63) is 60.0 Å². The fraction of sp³-hybridized carbons (Fsp3) is 0.250. The molecule has 0 bridgehead atoms. The zero-order valence-electron chi connectivity index (χ0n) is 15.1. The summed E-state index contributed by atoms with van der Waals surface area (Å²) >= 11 is 0. The van der Waals surface area contributed by atoms with Crippen molar-refractivity contribution in [2.45, 2.75) is 31.1 Å². The minimum absolute atomic E-state index is 0.0780. The molecule has 0 saturated heterocycles. The molecular formula is C20H18F2N4O2. The number of carbonyl (C=O) groups excluding carboxylic acids is 1. The molecule has 1 amide bonds. The van der Waals surface area contributed by atoms with Crippen LogP contribution in [0.5, 0.6) is 0 Å². The van der Waals surface area contributed by atoms with Crippen molar-refractivity contribution in [1.29, 1.82) is 0 Å². The van der Waals surface area contributed by atoms with Crippen molar-refractivity contribution in [3.8, 4) is 11.1 Å². The molecule has 2 heterocycles. The summed E-state index contributed by atoms with van der Waals surface area (Å²) in [6.45, 7) is 1.41. The number of amides is 1. The van der Waals surface area contributed by atoms with Crippen molar-refractivity contribution in [1.82, 2.24) is 10.1 Å². The maximum absolute atomic E-state index is 13.4. The Kier molecular flexibility index (Phi) is 4.14. The fourth-order valence-electron chi connectivity index (χ4n) is 3.02. The lowest BCUT2D eigenvalue weighted by Gasteiger charge is -2.05. The number of halogens is 2. The molecule has 6 nitrogen and oxygen atoms in total. The first-order valence-corrected chi connectivity index (χ1v) is 8.73. The summed E-state index contributed by atoms with van der Waals surface area (Å²) in [5.74, 6) is -2.44. The van der Waals surface area contributed by atoms with E-state index in [0.29, 0.717) is 5.82 Å². The molecule has 144 valence electrons. The lowest BCUT2D eigenvalue weighted by Crippen LogP contribution is -2.14. The molecule has 3 aromatic rings. The minimum Gasteiger partial charge on any atom is -0.384 e. The van der Waals surface area contributed by atoms with Crippen LogP contribution >= 0.6 is 0 Å². The van der Waals surface area contributed by atoms with E-state index >= 15 is 0 Å². The summed E-state index contributed by atoms with van der Waals surface area (Å²) in [6, 6.07) is 12.4. The van der Waals surface area contributed by atoms with Crippen LogP contribution in [-0.2, 0) is 16.6 Å². The molecule has 4 rings (SSSR count). The van der Waals surface area contributed by atoms with Gasteiger partial charge in [-0.1, -0.05) is 29.4 Å². The van der Waals surface area contributed by atoms with Gasteiger partial charge in [-0.05, 0) is 30.2 Å². The largest absolute Gasteiger partial charge is 0.384 e. The summed E-state index contributed by atoms with van der Waals surface area (Å²) < 4.78 is 31.8. The molecule has 1 unspecified atom stereocenters. The topological polar surface area (TPSA) is 94.0 Å². The smallest absolute Gasteiger partial charge is 0.261 e. The van der Waals surface area contributed by atoms with E-state index in [1.807, 2.05) is 30.3 Å². The van der Waals surface area contributed by atoms with Crippen LogP contribution in [0.2, 0.25) is 0 Å². The summed E-state index contributed by atoms with van der Waals surface area (Å²) in [5.41, 5.74) is 6.92. The van der Waals surface area contributed by atoms with E-state index in [0.717, 1.165) is 16.7 Å². The van der Waals surface area contributed by atoms with Gasteiger partial charge in [-0.15, -0.1) is 0 Å². The average Bonchev–Trinajstić information content (AvgIpc) is 2.96. The highest BCUT2D eigenvalue weighted by molar-refractivity contribution is 5.91. The lowest BCUT2D eigenvalue weighted by atomic mass is 10.0. The highest BCUT2D eigenvalue weighted by Crippen LogP contribution is 2.61. The van der Waals surface area contributed by atoms with Crippen molar-refractivity contribution in [2.24, 2.45) is 0 Å². The minimum atomic E-state index is -2.80. The second-order valence-corrected chi connectivity index (χ2v) is 7.18. The highest BCUT2D eigenvalue weighted by atomic mass is 19.3. The van der Waals surface area contributed by atoms with E-state index in [2.05, 4.69) is 15.5 Å². The third-order valence-corrected chi connectivity index (χ3v) is 5.02. The van der Waals surface area contributed by atoms with Gasteiger partial charge >= 0.3 is 0 Å². The van der Waals surface area contributed by atoms with Gasteiger partial charge in [0.15, 0.2) is 11.6 Å². The molecule has 1 saturated carbocycles. The number of anilines is 2. The molecule has 0 aliphatic heterocycles. The van der Waals surface area contributed by atoms with Crippen molar-refractivity contribution in [3.63, 3.8) is 0 Å². The van der Waals surface area contributed by atoms with Gasteiger partial charge in [-0.25, -0.2) is 13.8 Å². The predicted molar refractivity (Wildman–Crippen MR) is 99.8 cm³/mol. The van der Waals surface area contributed by atoms with Gasteiger partial charge in [0, 0.05) is 24.2 Å². The van der Waals surface area contributed by atoms with E-state index in [1.54, 1.807) is 12.3 Å². The van der Waals surface area contributed by atoms with Crippen LogP contribution in [0.4, 0.5) is 20.4 Å². The number of hydrogen-bond donors (Lipinski definition) is 2. The van der Waals surface area contributed by atoms with E-state index in [-0.39, 0.29) is 30.3 Å². The number of hydrogen-bond acceptors (Lipinski definition) is 5. The Morgan fingerprint density at radius 1 is 1.21 bits per heavy atom. The molecule has 28 heavy (non-hydrogen) atoms. The number of pyridine rings is 1. The summed E-state index contributed by atoms with van der Waals surface area (Å²) in [5, 5.41) is 6.25. The molecule has 0 spiro atoms. The van der Waals surface area contributed by atoms with E-state index in [4.69, 9.17) is 10.3 Å². The van der Waals surface area contributed by atoms with Gasteiger partial charge in [0.25, 0.3) is 5.92 Å². The Morgan fingerprint density at radius 2 is 1.89 bits per heavy atom. The summed E-state index contributed by atoms with van der Waals surface area (Å²) in [7, 11) is 0. The van der Waals surface area contributed by atoms with Gasteiger partial charge in [0.1, 0.15) is 5.82 Å². The van der Waals surface area contributed by atoms with Crippen molar-refractivity contribution in [2.75, 3.05) is 11.1 Å². The molecule has 1 atom stereocenters. The SMILES string of the molecule is CC1(c2cc(NC(=O)Cc3ccc(-c4ccc(N)nc4)cc3)no2)CC1(F)F. The quantitative estimate of drug-likeness (QED) is 0.698. The molecule has 0 radical (unpaired) electrons. The summed E-state index contributed by atoms with van der Waals surface area (Å²) in [6.07, 6.45) is 1.53. The summed E-state index contributed by atoms with van der Waals surface area (Å²) in [4.78, 5) is 16.3. The number of nitrogens with one attached hydrogen (secondary N) is 1. The Labute approximate surface area is 159 Å². The van der Waals surface area contributed by atoms with Crippen LogP contribution < -0.4 is 11.1 Å². The molecule has 3 N–H and O–H groups in total. The first kappa shape index (κ1) is 18.1. The number of carbonyl (C=O) groups is 1. The van der Waals surface area contributed by atoms with E-state index in [9.17, 15) is 13.6 Å². The standard InChI is InChI=1S/C20H18F2N4O2/c1-19(11-20(19,21)22)15-9-17(26-28-15)25-18(27)8-12-2-4-13(5-3-12)14-6-7-16(23)24-10-14/h2-7,9-10H,8,11H2,1H3,(H2,23,24)(H,25,26,27). The molecule has 1 aromatic carbocycles. The molecule has 8 heteroatoms. The molecular weight excluding hydrogens is 366 g/mol. The average molecular weight is 384 g/mol. The number of nitrogen functional groups attached to an aromatic ring is 1. The third-order valence-electron chi connectivity index (χ3n) is 5.02. The van der Waals surface area contributed by atoms with Gasteiger partial charge in [0.05, 0.1) is 11.8 Å². The van der Waals surface area contributed by atoms with Crippen LogP contribution in [0.15, 0.2) is 53.2 Å². The molecule has 1 fully saturated rings. The maximum Gasteiger partial charge on any atom is 0.261 e. The number of aromatic nitrogens is 2. The fourth-order valence-corrected chi connectivity index (χ4v) is 3.02. The number of nitrogens with two attached hydrogens (primary N) is 1. The molecule has 1 aliphatic carbocycles. The Hall–Kier alpha value is -3.29. The van der Waals surface area contributed by atoms with Gasteiger partial charge in [0.2, 0.25) is 5.91 Å². The van der Waals surface area contributed by atoms with E-state index < -0.39 is 11.3 Å². The van der Waals surface area contributed by atoms with Crippen molar-refractivity contribution >= 4 is 17.5 Å². The third kappa shape index (κ3) is 3.33. The van der Waals surface area contributed by atoms with Crippen LogP contribution in [0.3, 0.4) is 0 Å². The Balaban J connectivity index is 1.38. The normalized spacial score (nSPS) is 20.0. The van der Waals surface area contributed by atoms with Crippen LogP contribution in [0.1, 0.15) is 24.7 Å². The van der Waals surface area contributed by atoms with Crippen LogP contribution in [0.25, 0.3) is 11.1 Å². The number of benzene rings is 1. The van der Waals surface area contributed by atoms with Crippen LogP contribution in [-0.4, -0.2) is 22.0 Å². The van der Waals surface area contributed by atoms with Gasteiger partial charge < -0.3 is 15.6 Å². The predicted octanol–water partition coefficient (Wildman–Crippen LogP) is 3.80. The lowest BCUT2D eigenvalue weighted by molar-refractivity contribution is -0.115. The zero-order valence-corrected chi connectivity index (χ0v) is 15.1. The van der Waals surface area contributed by atoms with E-state index in [1.165, 1.54) is 13.0 Å². The van der Waals surface area contributed by atoms with Crippen LogP contribution in [0, 0.1) is 0 Å². The first-order chi connectivity index (χ1) is 13.3. The zero-order chi connectivity index (χ0) is 19.9. The Bertz CT molecular complexity index is 1020. The van der Waals surface area contributed by atoms with Gasteiger partial charge in [-0.3, -0.25) is 4.79 Å². The van der Waals surface area contributed by atoms with Crippen molar-refractivity contribution < 1.29 is 18.1 Å². The molecule has 1 aliphatic rings. The number of nitrogens with zero attached hydrogens (tertiary/aromatic N) is 2.